The predicted molar refractivity (Wildman–Crippen MR) is 68.9 cm³/mol. The van der Waals surface area contributed by atoms with Gasteiger partial charge in [-0.15, -0.1) is 0 Å². The van der Waals surface area contributed by atoms with Crippen molar-refractivity contribution in [2.45, 2.75) is 25.3 Å². The monoisotopic (exact) mass is 301 g/mol. The van der Waals surface area contributed by atoms with Crippen molar-refractivity contribution in [2.24, 2.45) is 0 Å². The summed E-state index contributed by atoms with van der Waals surface area (Å²) in [7, 11) is 1.85. The van der Waals surface area contributed by atoms with Crippen LogP contribution in [0.15, 0.2) is 22.7 Å². The van der Waals surface area contributed by atoms with Crippen molar-refractivity contribution in [3.8, 4) is 0 Å². The Labute approximate surface area is 109 Å². The van der Waals surface area contributed by atoms with Gasteiger partial charge in [0.25, 0.3) is 5.91 Å². The summed E-state index contributed by atoms with van der Waals surface area (Å²) in [6.07, 6.45) is 3.43. The number of nitrogens with zero attached hydrogens (tertiary/aromatic N) is 1. The Bertz CT molecular complexity index is 417. The lowest BCUT2D eigenvalue weighted by Gasteiger charge is -2.34. The summed E-state index contributed by atoms with van der Waals surface area (Å²) in [5, 5.41) is 0.499. The second kappa shape index (κ2) is 4.76. The average Bonchev–Trinajstić information content (AvgIpc) is 2.18. The van der Waals surface area contributed by atoms with E-state index < -0.39 is 0 Å². The van der Waals surface area contributed by atoms with Gasteiger partial charge in [-0.1, -0.05) is 17.7 Å². The maximum absolute atomic E-state index is 12.2. The third-order valence-electron chi connectivity index (χ3n) is 3.12. The smallest absolute Gasteiger partial charge is 0.255 e. The minimum Gasteiger partial charge on any atom is -0.339 e. The van der Waals surface area contributed by atoms with Gasteiger partial charge in [0, 0.05) is 17.6 Å². The van der Waals surface area contributed by atoms with Gasteiger partial charge in [0.15, 0.2) is 0 Å². The lowest BCUT2D eigenvalue weighted by atomic mass is 9.91. The molecule has 0 saturated heterocycles. The van der Waals surface area contributed by atoms with Crippen LogP contribution in [-0.4, -0.2) is 23.9 Å². The molecule has 0 atom stereocenters. The van der Waals surface area contributed by atoms with E-state index in [4.69, 9.17) is 11.6 Å². The molecule has 1 aliphatic carbocycles. The van der Waals surface area contributed by atoms with Gasteiger partial charge in [-0.3, -0.25) is 4.79 Å². The summed E-state index contributed by atoms with van der Waals surface area (Å²) >= 11 is 9.43. The molecule has 1 saturated carbocycles. The minimum atomic E-state index is 0.0102. The van der Waals surface area contributed by atoms with Crippen LogP contribution in [0, 0.1) is 0 Å². The molecule has 2 nitrogen and oxygen atoms in total. The van der Waals surface area contributed by atoms with Crippen molar-refractivity contribution >= 4 is 33.4 Å². The Morgan fingerprint density at radius 1 is 1.50 bits per heavy atom. The molecule has 0 spiro atoms. The van der Waals surface area contributed by atoms with E-state index in [1.807, 2.05) is 19.2 Å². The van der Waals surface area contributed by atoms with Gasteiger partial charge in [-0.05, 0) is 47.3 Å². The molecular formula is C12H13BrClNO. The van der Waals surface area contributed by atoms with Gasteiger partial charge >= 0.3 is 0 Å². The Morgan fingerprint density at radius 3 is 2.75 bits per heavy atom. The fraction of sp³-hybridized carbons (Fsp3) is 0.417. The SMILES string of the molecule is CN(C(=O)c1cccc(Br)c1Cl)C1CCC1. The standard InChI is InChI=1S/C12H13BrClNO/c1-15(8-4-2-5-8)12(16)9-6-3-7-10(13)11(9)14/h3,6-8H,2,4-5H2,1H3. The maximum Gasteiger partial charge on any atom is 0.255 e. The van der Waals surface area contributed by atoms with Crippen LogP contribution in [0.2, 0.25) is 5.02 Å². The zero-order chi connectivity index (χ0) is 11.7. The molecule has 0 aromatic heterocycles. The number of hydrogen-bond donors (Lipinski definition) is 0. The van der Waals surface area contributed by atoms with Gasteiger partial charge in [-0.25, -0.2) is 0 Å². The number of halogens is 2. The minimum absolute atomic E-state index is 0.0102. The molecule has 1 aliphatic rings. The first-order chi connectivity index (χ1) is 7.61. The first-order valence-corrected chi connectivity index (χ1v) is 6.49. The average molecular weight is 303 g/mol. The van der Waals surface area contributed by atoms with Gasteiger partial charge in [0.2, 0.25) is 0 Å². The Kier molecular flexibility index (Phi) is 3.55. The van der Waals surface area contributed by atoms with E-state index in [-0.39, 0.29) is 5.91 Å². The van der Waals surface area contributed by atoms with Crippen molar-refractivity contribution in [1.82, 2.24) is 4.90 Å². The Balaban J connectivity index is 2.22. The number of amides is 1. The van der Waals surface area contributed by atoms with Crippen molar-refractivity contribution in [3.63, 3.8) is 0 Å². The highest BCUT2D eigenvalue weighted by atomic mass is 79.9. The molecule has 2 rings (SSSR count). The van der Waals surface area contributed by atoms with Gasteiger partial charge < -0.3 is 4.90 Å². The van der Waals surface area contributed by atoms with Crippen molar-refractivity contribution < 1.29 is 4.79 Å². The molecule has 16 heavy (non-hydrogen) atoms. The maximum atomic E-state index is 12.2. The highest BCUT2D eigenvalue weighted by Crippen LogP contribution is 2.29. The second-order valence-electron chi connectivity index (χ2n) is 4.10. The number of carbonyl (C=O) groups is 1. The van der Waals surface area contributed by atoms with E-state index >= 15 is 0 Å². The summed E-state index contributed by atoms with van der Waals surface area (Å²) in [5.41, 5.74) is 0.574. The number of rotatable bonds is 2. The Morgan fingerprint density at radius 2 is 2.19 bits per heavy atom. The summed E-state index contributed by atoms with van der Waals surface area (Å²) in [6, 6.07) is 5.83. The highest BCUT2D eigenvalue weighted by molar-refractivity contribution is 9.10. The molecule has 0 N–H and O–H groups in total. The fourth-order valence-corrected chi connectivity index (χ4v) is 2.37. The van der Waals surface area contributed by atoms with Crippen LogP contribution >= 0.6 is 27.5 Å². The fourth-order valence-electron chi connectivity index (χ4n) is 1.80. The number of hydrogen-bond acceptors (Lipinski definition) is 1. The quantitative estimate of drug-likeness (QED) is 0.815. The summed E-state index contributed by atoms with van der Waals surface area (Å²) in [5.74, 6) is 0.0102. The summed E-state index contributed by atoms with van der Waals surface area (Å²) in [4.78, 5) is 14.0. The van der Waals surface area contributed by atoms with E-state index in [1.54, 1.807) is 11.0 Å². The summed E-state index contributed by atoms with van der Waals surface area (Å²) < 4.78 is 0.766. The van der Waals surface area contributed by atoms with Crippen LogP contribution in [0.25, 0.3) is 0 Å². The van der Waals surface area contributed by atoms with Crippen LogP contribution in [0.1, 0.15) is 29.6 Å². The van der Waals surface area contributed by atoms with E-state index in [9.17, 15) is 4.79 Å². The van der Waals surface area contributed by atoms with Gasteiger partial charge in [-0.2, -0.15) is 0 Å². The van der Waals surface area contributed by atoms with Crippen molar-refractivity contribution in [1.29, 1.82) is 0 Å². The van der Waals surface area contributed by atoms with Crippen molar-refractivity contribution in [3.05, 3.63) is 33.3 Å². The molecule has 0 unspecified atom stereocenters. The van der Waals surface area contributed by atoms with E-state index in [0.29, 0.717) is 16.6 Å². The molecule has 1 aromatic rings. The third kappa shape index (κ3) is 2.11. The molecule has 86 valence electrons. The molecular weight excluding hydrogens is 289 g/mol. The van der Waals surface area contributed by atoms with Crippen LogP contribution in [0.3, 0.4) is 0 Å². The molecule has 1 aromatic carbocycles. The van der Waals surface area contributed by atoms with E-state index in [2.05, 4.69) is 15.9 Å². The predicted octanol–water partition coefficient (Wildman–Crippen LogP) is 3.73. The lowest BCUT2D eigenvalue weighted by Crippen LogP contribution is -2.41. The van der Waals surface area contributed by atoms with Crippen LogP contribution in [0.4, 0.5) is 0 Å². The normalized spacial score (nSPS) is 15.7. The zero-order valence-corrected chi connectivity index (χ0v) is 11.4. The molecule has 0 aliphatic heterocycles. The van der Waals surface area contributed by atoms with Gasteiger partial charge in [0.05, 0.1) is 10.6 Å². The zero-order valence-electron chi connectivity index (χ0n) is 9.04. The van der Waals surface area contributed by atoms with Crippen LogP contribution in [0.5, 0.6) is 0 Å². The molecule has 0 bridgehead atoms. The van der Waals surface area contributed by atoms with Crippen molar-refractivity contribution in [2.75, 3.05) is 7.05 Å². The number of benzene rings is 1. The molecule has 4 heteroatoms. The molecule has 1 fully saturated rings. The number of carbonyl (C=O) groups excluding carboxylic acids is 1. The third-order valence-corrected chi connectivity index (χ3v) is 4.42. The topological polar surface area (TPSA) is 20.3 Å². The largest absolute Gasteiger partial charge is 0.339 e. The van der Waals surface area contributed by atoms with Crippen LogP contribution in [-0.2, 0) is 0 Å². The van der Waals surface area contributed by atoms with Crippen LogP contribution < -0.4 is 0 Å². The lowest BCUT2D eigenvalue weighted by molar-refractivity contribution is 0.0652. The first kappa shape index (κ1) is 11.9. The summed E-state index contributed by atoms with van der Waals surface area (Å²) in [6.45, 7) is 0. The second-order valence-corrected chi connectivity index (χ2v) is 5.33. The highest BCUT2D eigenvalue weighted by Gasteiger charge is 2.27. The molecule has 0 radical (unpaired) electrons. The first-order valence-electron chi connectivity index (χ1n) is 5.32. The van der Waals surface area contributed by atoms with Gasteiger partial charge in [0.1, 0.15) is 0 Å². The molecule has 0 heterocycles. The Hall–Kier alpha value is -0.540. The van der Waals surface area contributed by atoms with E-state index in [1.165, 1.54) is 6.42 Å². The van der Waals surface area contributed by atoms with E-state index in [0.717, 1.165) is 17.3 Å². The molecule has 1 amide bonds.